The largest absolute Gasteiger partial charge is 0.478 e. The molecule has 2 N–H and O–H groups in total. The molecule has 3 rings (SSSR count). The van der Waals surface area contributed by atoms with Crippen molar-refractivity contribution in [2.45, 2.75) is 13.8 Å². The van der Waals surface area contributed by atoms with Gasteiger partial charge in [-0.25, -0.2) is 9.18 Å². The molecule has 0 bridgehead atoms. The summed E-state index contributed by atoms with van der Waals surface area (Å²) in [6.07, 6.45) is 0. The number of amides is 2. The maximum Gasteiger partial charge on any atom is 0.335 e. The number of nitrogens with zero attached hydrogens (tertiary/aromatic N) is 1. The van der Waals surface area contributed by atoms with Crippen molar-refractivity contribution in [2.75, 3.05) is 16.8 Å². The van der Waals surface area contributed by atoms with E-state index < -0.39 is 30.1 Å². The molecule has 0 aliphatic carbocycles. The number of carboxylic acid groups (broad SMARTS) is 1. The highest BCUT2D eigenvalue weighted by Crippen LogP contribution is 2.26. The lowest BCUT2D eigenvalue weighted by Gasteiger charge is -2.24. The maximum atomic E-state index is 14.4. The Bertz CT molecular complexity index is 1170. The second kappa shape index (κ2) is 9.62. The number of carboxylic acids is 1. The van der Waals surface area contributed by atoms with Crippen LogP contribution in [-0.4, -0.2) is 29.4 Å². The zero-order valence-electron chi connectivity index (χ0n) is 17.4. The Kier molecular flexibility index (Phi) is 6.90. The van der Waals surface area contributed by atoms with Crippen LogP contribution in [0.3, 0.4) is 0 Å². The standard InChI is InChI=1S/C24H20ClFN2O4/c1-14-6-11-18(12-15(14)2)28(23(30)22-19(25)4-3-5-20(22)26)13-21(29)27-17-9-7-16(8-10-17)24(31)32/h3-12H,13H2,1-2H3,(H,27,29)(H,31,32). The molecule has 0 radical (unpaired) electrons. The molecule has 164 valence electrons. The third-order valence-electron chi connectivity index (χ3n) is 4.94. The van der Waals surface area contributed by atoms with E-state index in [4.69, 9.17) is 16.7 Å². The van der Waals surface area contributed by atoms with E-state index in [1.807, 2.05) is 13.8 Å². The first-order valence-electron chi connectivity index (χ1n) is 9.63. The Morgan fingerprint density at radius 1 is 1.00 bits per heavy atom. The zero-order valence-corrected chi connectivity index (χ0v) is 18.1. The summed E-state index contributed by atoms with van der Waals surface area (Å²) >= 11 is 6.08. The highest BCUT2D eigenvalue weighted by Gasteiger charge is 2.26. The zero-order chi connectivity index (χ0) is 23.4. The van der Waals surface area contributed by atoms with Crippen molar-refractivity contribution in [1.29, 1.82) is 0 Å². The lowest BCUT2D eigenvalue weighted by molar-refractivity contribution is -0.114. The lowest BCUT2D eigenvalue weighted by atomic mass is 10.1. The quantitative estimate of drug-likeness (QED) is 0.543. The fraction of sp³-hybridized carbons (Fsp3) is 0.125. The number of carbonyl (C=O) groups excluding carboxylic acids is 2. The average molecular weight is 455 g/mol. The summed E-state index contributed by atoms with van der Waals surface area (Å²) in [4.78, 5) is 38.1. The van der Waals surface area contributed by atoms with Crippen LogP contribution in [0.15, 0.2) is 60.7 Å². The number of hydrogen-bond donors (Lipinski definition) is 2. The first-order valence-corrected chi connectivity index (χ1v) is 10.0. The van der Waals surface area contributed by atoms with Gasteiger partial charge in [0.2, 0.25) is 5.91 Å². The van der Waals surface area contributed by atoms with Gasteiger partial charge in [-0.2, -0.15) is 0 Å². The molecule has 0 unspecified atom stereocenters. The molecular formula is C24H20ClFN2O4. The molecule has 0 heterocycles. The van der Waals surface area contributed by atoms with Gasteiger partial charge in [-0.15, -0.1) is 0 Å². The number of halogens is 2. The molecule has 32 heavy (non-hydrogen) atoms. The number of rotatable bonds is 6. The Hall–Kier alpha value is -3.71. The van der Waals surface area contributed by atoms with Gasteiger partial charge in [0.05, 0.1) is 16.1 Å². The monoisotopic (exact) mass is 454 g/mol. The van der Waals surface area contributed by atoms with Crippen LogP contribution >= 0.6 is 11.6 Å². The summed E-state index contributed by atoms with van der Waals surface area (Å²) in [5.74, 6) is -3.18. The smallest absolute Gasteiger partial charge is 0.335 e. The molecule has 3 aromatic rings. The van der Waals surface area contributed by atoms with Crippen molar-refractivity contribution in [1.82, 2.24) is 0 Å². The second-order valence-corrected chi connectivity index (χ2v) is 7.59. The number of carbonyl (C=O) groups is 3. The number of aryl methyl sites for hydroxylation is 2. The van der Waals surface area contributed by atoms with E-state index in [1.165, 1.54) is 36.4 Å². The predicted octanol–water partition coefficient (Wildman–Crippen LogP) is 5.08. The Labute approximate surface area is 189 Å². The fourth-order valence-corrected chi connectivity index (χ4v) is 3.30. The van der Waals surface area contributed by atoms with Crippen molar-refractivity contribution in [2.24, 2.45) is 0 Å². The van der Waals surface area contributed by atoms with Crippen LogP contribution in [0.2, 0.25) is 5.02 Å². The van der Waals surface area contributed by atoms with E-state index in [2.05, 4.69) is 5.32 Å². The summed E-state index contributed by atoms with van der Waals surface area (Å²) in [5, 5.41) is 11.5. The molecule has 0 saturated carbocycles. The summed E-state index contributed by atoms with van der Waals surface area (Å²) in [6.45, 7) is 3.36. The molecule has 6 nitrogen and oxygen atoms in total. The normalized spacial score (nSPS) is 10.5. The van der Waals surface area contributed by atoms with E-state index in [9.17, 15) is 18.8 Å². The number of aromatic carboxylic acids is 1. The summed E-state index contributed by atoms with van der Waals surface area (Å²) in [7, 11) is 0. The molecule has 2 amide bonds. The first kappa shape index (κ1) is 23.0. The molecular weight excluding hydrogens is 435 g/mol. The summed E-state index contributed by atoms with van der Waals surface area (Å²) in [5.41, 5.74) is 2.40. The molecule has 0 saturated heterocycles. The Morgan fingerprint density at radius 3 is 2.28 bits per heavy atom. The van der Waals surface area contributed by atoms with E-state index in [-0.39, 0.29) is 16.1 Å². The summed E-state index contributed by atoms with van der Waals surface area (Å²) in [6, 6.07) is 14.7. The molecule has 0 aliphatic rings. The van der Waals surface area contributed by atoms with Crippen molar-refractivity contribution < 1.29 is 23.9 Å². The Morgan fingerprint density at radius 2 is 1.69 bits per heavy atom. The Balaban J connectivity index is 1.91. The van der Waals surface area contributed by atoms with Gasteiger partial charge in [0.1, 0.15) is 12.4 Å². The van der Waals surface area contributed by atoms with E-state index in [0.717, 1.165) is 22.1 Å². The van der Waals surface area contributed by atoms with E-state index >= 15 is 0 Å². The van der Waals surface area contributed by atoms with Crippen LogP contribution in [0.25, 0.3) is 0 Å². The van der Waals surface area contributed by atoms with Crippen LogP contribution in [0.1, 0.15) is 31.8 Å². The van der Waals surface area contributed by atoms with Gasteiger partial charge in [-0.05, 0) is 73.5 Å². The van der Waals surface area contributed by atoms with Crippen LogP contribution in [0.5, 0.6) is 0 Å². The van der Waals surface area contributed by atoms with Gasteiger partial charge in [-0.3, -0.25) is 14.5 Å². The highest BCUT2D eigenvalue weighted by atomic mass is 35.5. The second-order valence-electron chi connectivity index (χ2n) is 7.19. The van der Waals surface area contributed by atoms with Gasteiger partial charge in [0.25, 0.3) is 5.91 Å². The van der Waals surface area contributed by atoms with Crippen molar-refractivity contribution in [3.8, 4) is 0 Å². The van der Waals surface area contributed by atoms with Crippen LogP contribution < -0.4 is 10.2 Å². The van der Waals surface area contributed by atoms with Gasteiger partial charge in [0, 0.05) is 11.4 Å². The van der Waals surface area contributed by atoms with Gasteiger partial charge in [0.15, 0.2) is 0 Å². The van der Waals surface area contributed by atoms with Crippen LogP contribution in [-0.2, 0) is 4.79 Å². The molecule has 8 heteroatoms. The van der Waals surface area contributed by atoms with Crippen LogP contribution in [0.4, 0.5) is 15.8 Å². The minimum Gasteiger partial charge on any atom is -0.478 e. The van der Waals surface area contributed by atoms with E-state index in [1.54, 1.807) is 18.2 Å². The minimum absolute atomic E-state index is 0.0616. The molecule has 0 atom stereocenters. The van der Waals surface area contributed by atoms with Crippen molar-refractivity contribution in [3.63, 3.8) is 0 Å². The molecule has 3 aromatic carbocycles. The van der Waals surface area contributed by atoms with E-state index in [0.29, 0.717) is 11.4 Å². The maximum absolute atomic E-state index is 14.4. The number of anilines is 2. The van der Waals surface area contributed by atoms with Gasteiger partial charge < -0.3 is 10.4 Å². The molecule has 0 spiro atoms. The van der Waals surface area contributed by atoms with Crippen molar-refractivity contribution >= 4 is 40.8 Å². The number of benzene rings is 3. The molecule has 0 aromatic heterocycles. The fourth-order valence-electron chi connectivity index (χ4n) is 3.05. The highest BCUT2D eigenvalue weighted by molar-refractivity contribution is 6.34. The predicted molar refractivity (Wildman–Crippen MR) is 121 cm³/mol. The lowest BCUT2D eigenvalue weighted by Crippen LogP contribution is -2.38. The minimum atomic E-state index is -1.09. The average Bonchev–Trinajstić information content (AvgIpc) is 2.74. The number of hydrogen-bond acceptors (Lipinski definition) is 3. The molecule has 0 aliphatic heterocycles. The van der Waals surface area contributed by atoms with Gasteiger partial charge in [-0.1, -0.05) is 23.7 Å². The molecule has 0 fully saturated rings. The third-order valence-corrected chi connectivity index (χ3v) is 5.26. The number of nitrogens with one attached hydrogen (secondary N) is 1. The van der Waals surface area contributed by atoms with Gasteiger partial charge >= 0.3 is 5.97 Å². The van der Waals surface area contributed by atoms with Crippen LogP contribution in [0, 0.1) is 19.7 Å². The SMILES string of the molecule is Cc1ccc(N(CC(=O)Nc2ccc(C(=O)O)cc2)C(=O)c2c(F)cccc2Cl)cc1C. The van der Waals surface area contributed by atoms with Crippen molar-refractivity contribution in [3.05, 3.63) is 93.8 Å². The topological polar surface area (TPSA) is 86.7 Å². The summed E-state index contributed by atoms with van der Waals surface area (Å²) < 4.78 is 14.4. The third kappa shape index (κ3) is 5.12. The first-order chi connectivity index (χ1) is 15.2.